The fraction of sp³-hybridized carbons (Fsp3) is 0.562. The van der Waals surface area contributed by atoms with E-state index in [1.165, 1.54) is 0 Å². The quantitative estimate of drug-likeness (QED) is 0.924. The molecule has 2 aliphatic rings. The molecule has 3 nitrogen and oxygen atoms in total. The second-order valence-electron chi connectivity index (χ2n) is 6.06. The summed E-state index contributed by atoms with van der Waals surface area (Å²) in [6, 6.07) is 7.80. The van der Waals surface area contributed by atoms with Crippen LogP contribution in [0.2, 0.25) is 5.02 Å². The van der Waals surface area contributed by atoms with Crippen LogP contribution in [0.1, 0.15) is 24.8 Å². The van der Waals surface area contributed by atoms with Gasteiger partial charge in [-0.15, -0.1) is 0 Å². The highest BCUT2D eigenvalue weighted by Crippen LogP contribution is 2.50. The van der Waals surface area contributed by atoms with Crippen molar-refractivity contribution in [3.63, 3.8) is 0 Å². The smallest absolute Gasteiger partial charge is 0.233 e. The first kappa shape index (κ1) is 13.9. The number of nitrogens with one attached hydrogen (secondary N) is 1. The van der Waals surface area contributed by atoms with Crippen molar-refractivity contribution < 1.29 is 4.79 Å². The van der Waals surface area contributed by atoms with Gasteiger partial charge >= 0.3 is 0 Å². The van der Waals surface area contributed by atoms with Crippen LogP contribution in [0.3, 0.4) is 0 Å². The molecule has 2 fully saturated rings. The predicted molar refractivity (Wildman–Crippen MR) is 81.0 cm³/mol. The zero-order valence-corrected chi connectivity index (χ0v) is 12.6. The van der Waals surface area contributed by atoms with E-state index in [2.05, 4.69) is 10.2 Å². The van der Waals surface area contributed by atoms with Crippen LogP contribution in [0, 0.1) is 5.92 Å². The Labute approximate surface area is 125 Å². The van der Waals surface area contributed by atoms with Gasteiger partial charge in [-0.1, -0.05) is 23.7 Å². The maximum Gasteiger partial charge on any atom is 0.233 e. The van der Waals surface area contributed by atoms with Crippen LogP contribution < -0.4 is 5.32 Å². The average molecular weight is 293 g/mol. The number of likely N-dealkylation sites (tertiary alicyclic amines) is 1. The number of hydrogen-bond donors (Lipinski definition) is 1. The third kappa shape index (κ3) is 2.45. The Morgan fingerprint density at radius 2 is 2.30 bits per heavy atom. The summed E-state index contributed by atoms with van der Waals surface area (Å²) in [7, 11) is 1.97. The first-order valence-corrected chi connectivity index (χ1v) is 7.73. The van der Waals surface area contributed by atoms with Crippen LogP contribution in [-0.4, -0.2) is 37.5 Å². The molecule has 1 aliphatic heterocycles. The van der Waals surface area contributed by atoms with E-state index in [9.17, 15) is 4.79 Å². The fourth-order valence-electron chi connectivity index (χ4n) is 3.31. The highest BCUT2D eigenvalue weighted by Gasteiger charge is 2.53. The SMILES string of the molecule is CNCC1CCN(C(=O)C2(c3cccc(Cl)c3)CC2)C1. The fourth-order valence-corrected chi connectivity index (χ4v) is 3.50. The molecule has 108 valence electrons. The highest BCUT2D eigenvalue weighted by molar-refractivity contribution is 6.30. The van der Waals surface area contributed by atoms with Crippen LogP contribution in [0.25, 0.3) is 0 Å². The first-order chi connectivity index (χ1) is 9.65. The second-order valence-corrected chi connectivity index (χ2v) is 6.49. The Morgan fingerprint density at radius 1 is 1.50 bits per heavy atom. The number of nitrogens with zero attached hydrogens (tertiary/aromatic N) is 1. The van der Waals surface area contributed by atoms with Gasteiger partial charge in [0.05, 0.1) is 5.41 Å². The van der Waals surface area contributed by atoms with Gasteiger partial charge in [-0.2, -0.15) is 0 Å². The van der Waals surface area contributed by atoms with Crippen molar-refractivity contribution in [2.75, 3.05) is 26.7 Å². The zero-order valence-electron chi connectivity index (χ0n) is 11.9. The van der Waals surface area contributed by atoms with Crippen molar-refractivity contribution in [1.82, 2.24) is 10.2 Å². The molecule has 20 heavy (non-hydrogen) atoms. The normalized spacial score (nSPS) is 23.9. The van der Waals surface area contributed by atoms with Crippen LogP contribution >= 0.6 is 11.6 Å². The molecular formula is C16H21ClN2O. The molecule has 0 aromatic heterocycles. The molecular weight excluding hydrogens is 272 g/mol. The molecule has 1 aromatic rings. The minimum absolute atomic E-state index is 0.278. The van der Waals surface area contributed by atoms with Gasteiger partial charge < -0.3 is 10.2 Å². The molecule has 1 saturated carbocycles. The van der Waals surface area contributed by atoms with Crippen LogP contribution in [0.5, 0.6) is 0 Å². The van der Waals surface area contributed by atoms with Crippen molar-refractivity contribution in [3.05, 3.63) is 34.9 Å². The predicted octanol–water partition coefficient (Wildman–Crippen LogP) is 2.44. The van der Waals surface area contributed by atoms with E-state index in [0.717, 1.165) is 49.5 Å². The lowest BCUT2D eigenvalue weighted by atomic mass is 9.94. The van der Waals surface area contributed by atoms with E-state index in [4.69, 9.17) is 11.6 Å². The molecule has 1 atom stereocenters. The summed E-state index contributed by atoms with van der Waals surface area (Å²) in [5.41, 5.74) is 0.812. The molecule has 1 amide bonds. The molecule has 1 aliphatic carbocycles. The van der Waals surface area contributed by atoms with E-state index in [0.29, 0.717) is 11.8 Å². The van der Waals surface area contributed by atoms with Gasteiger partial charge in [0.1, 0.15) is 0 Å². The van der Waals surface area contributed by atoms with Gasteiger partial charge in [-0.25, -0.2) is 0 Å². The number of carbonyl (C=O) groups is 1. The highest BCUT2D eigenvalue weighted by atomic mass is 35.5. The molecule has 1 heterocycles. The Morgan fingerprint density at radius 3 is 2.95 bits per heavy atom. The van der Waals surface area contributed by atoms with Crippen molar-refractivity contribution in [1.29, 1.82) is 0 Å². The molecule has 1 unspecified atom stereocenters. The number of hydrogen-bond acceptors (Lipinski definition) is 2. The molecule has 0 radical (unpaired) electrons. The summed E-state index contributed by atoms with van der Waals surface area (Å²) < 4.78 is 0. The summed E-state index contributed by atoms with van der Waals surface area (Å²) in [5.74, 6) is 0.900. The van der Waals surface area contributed by atoms with E-state index < -0.39 is 0 Å². The zero-order chi connectivity index (χ0) is 14.2. The van der Waals surface area contributed by atoms with Crippen molar-refractivity contribution in [2.24, 2.45) is 5.92 Å². The molecule has 3 rings (SSSR count). The Kier molecular flexibility index (Phi) is 3.74. The van der Waals surface area contributed by atoms with E-state index in [1.54, 1.807) is 0 Å². The Bertz CT molecular complexity index is 513. The van der Waals surface area contributed by atoms with E-state index >= 15 is 0 Å². The van der Waals surface area contributed by atoms with Crippen molar-refractivity contribution in [2.45, 2.75) is 24.7 Å². The topological polar surface area (TPSA) is 32.3 Å². The maximum atomic E-state index is 12.9. The van der Waals surface area contributed by atoms with Gasteiger partial charge in [0.25, 0.3) is 0 Å². The maximum absolute atomic E-state index is 12.9. The standard InChI is InChI=1S/C16H21ClN2O/c1-18-10-12-5-8-19(11-12)15(20)16(6-7-16)13-3-2-4-14(17)9-13/h2-4,9,12,18H,5-8,10-11H2,1H3. The minimum Gasteiger partial charge on any atom is -0.342 e. The van der Waals surface area contributed by atoms with Gasteiger partial charge in [0.15, 0.2) is 0 Å². The lowest BCUT2D eigenvalue weighted by Gasteiger charge is -2.24. The van der Waals surface area contributed by atoms with Crippen molar-refractivity contribution in [3.8, 4) is 0 Å². The second kappa shape index (κ2) is 5.38. The lowest BCUT2D eigenvalue weighted by Crippen LogP contribution is -2.38. The van der Waals surface area contributed by atoms with Gasteiger partial charge in [0, 0.05) is 18.1 Å². The average Bonchev–Trinajstić information content (AvgIpc) is 3.13. The molecule has 1 N–H and O–H groups in total. The summed E-state index contributed by atoms with van der Waals surface area (Å²) in [5, 5.41) is 3.93. The summed E-state index contributed by atoms with van der Waals surface area (Å²) >= 11 is 6.07. The van der Waals surface area contributed by atoms with Crippen LogP contribution in [0.4, 0.5) is 0 Å². The Hall–Kier alpha value is -1.06. The number of halogens is 1. The third-order valence-electron chi connectivity index (χ3n) is 4.60. The number of carbonyl (C=O) groups excluding carboxylic acids is 1. The first-order valence-electron chi connectivity index (χ1n) is 7.36. The minimum atomic E-state index is -0.278. The molecule has 4 heteroatoms. The lowest BCUT2D eigenvalue weighted by molar-refractivity contribution is -0.133. The van der Waals surface area contributed by atoms with E-state index in [-0.39, 0.29) is 5.41 Å². The molecule has 1 saturated heterocycles. The summed E-state index contributed by atoms with van der Waals surface area (Å²) in [4.78, 5) is 14.9. The monoisotopic (exact) mass is 292 g/mol. The number of amides is 1. The summed E-state index contributed by atoms with van der Waals surface area (Å²) in [6.07, 6.45) is 3.02. The molecule has 0 bridgehead atoms. The number of rotatable bonds is 4. The van der Waals surface area contributed by atoms with Crippen LogP contribution in [0.15, 0.2) is 24.3 Å². The summed E-state index contributed by atoms with van der Waals surface area (Å²) in [6.45, 7) is 2.78. The van der Waals surface area contributed by atoms with Gasteiger partial charge in [0.2, 0.25) is 5.91 Å². The largest absolute Gasteiger partial charge is 0.342 e. The van der Waals surface area contributed by atoms with Gasteiger partial charge in [-0.05, 0) is 56.5 Å². The third-order valence-corrected chi connectivity index (χ3v) is 4.84. The number of benzene rings is 1. The van der Waals surface area contributed by atoms with E-state index in [1.807, 2.05) is 31.3 Å². The molecule has 0 spiro atoms. The van der Waals surface area contributed by atoms with Crippen LogP contribution in [-0.2, 0) is 10.2 Å². The molecule has 1 aromatic carbocycles. The van der Waals surface area contributed by atoms with Crippen molar-refractivity contribution >= 4 is 17.5 Å². The Balaban J connectivity index is 1.74. The van der Waals surface area contributed by atoms with Gasteiger partial charge in [-0.3, -0.25) is 4.79 Å².